The van der Waals surface area contributed by atoms with Gasteiger partial charge >= 0.3 is 13.2 Å². The molecular weight excluding hydrogens is 638 g/mol. The lowest BCUT2D eigenvalue weighted by atomic mass is 9.93. The zero-order chi connectivity index (χ0) is 35.3. The number of halogens is 4. The van der Waals surface area contributed by atoms with E-state index in [1.807, 2.05) is 13.8 Å². The molecule has 0 aliphatic carbocycles. The number of hydrogen-bond acceptors (Lipinski definition) is 10. The number of rotatable bonds is 21. The smallest absolute Gasteiger partial charge is 0.345 e. The summed E-state index contributed by atoms with van der Waals surface area (Å²) in [6.07, 6.45) is 0.168. The van der Waals surface area contributed by atoms with Gasteiger partial charge in [0.2, 0.25) is 23.6 Å². The lowest BCUT2D eigenvalue weighted by molar-refractivity contribution is -0.150. The molecule has 2 rings (SSSR count). The van der Waals surface area contributed by atoms with Crippen LogP contribution in [-0.4, -0.2) is 130 Å². The van der Waals surface area contributed by atoms with Gasteiger partial charge in [0, 0.05) is 13.1 Å². The van der Waals surface area contributed by atoms with Crippen molar-refractivity contribution >= 4 is 29.4 Å². The first-order valence-corrected chi connectivity index (χ1v) is 15.5. The van der Waals surface area contributed by atoms with Crippen molar-refractivity contribution < 1.29 is 60.5 Å². The second kappa shape index (κ2) is 19.2. The topological polar surface area (TPSA) is 177 Å². The number of morpholine rings is 1. The Morgan fingerprint density at radius 3 is 1.62 bits per heavy atom. The number of carbonyl (C=O) groups excluding carboxylic acids is 5. The zero-order valence-electron chi connectivity index (χ0n) is 27.3. The fourth-order valence-electron chi connectivity index (χ4n) is 4.75. The minimum absolute atomic E-state index is 0.0318. The Hall–Kier alpha value is -2.93. The van der Waals surface area contributed by atoms with Crippen molar-refractivity contribution in [1.29, 1.82) is 0 Å². The van der Waals surface area contributed by atoms with Crippen molar-refractivity contribution in [2.75, 3.05) is 52.7 Å². The van der Waals surface area contributed by atoms with E-state index >= 15 is 0 Å². The first kappa shape index (κ1) is 40.2. The van der Waals surface area contributed by atoms with Gasteiger partial charge < -0.3 is 40.2 Å². The van der Waals surface area contributed by atoms with E-state index in [9.17, 15) is 41.5 Å². The van der Waals surface area contributed by atoms with Crippen molar-refractivity contribution in [1.82, 2.24) is 26.2 Å². The monoisotopic (exact) mass is 685 g/mol. The Morgan fingerprint density at radius 2 is 1.15 bits per heavy atom. The first-order valence-electron chi connectivity index (χ1n) is 15.5. The van der Waals surface area contributed by atoms with Gasteiger partial charge in [0.15, 0.2) is 5.78 Å². The molecule has 0 aromatic rings. The molecule has 2 aliphatic rings. The summed E-state index contributed by atoms with van der Waals surface area (Å²) in [4.78, 5) is 67.3. The number of amides is 4. The van der Waals surface area contributed by atoms with Gasteiger partial charge in [-0.3, -0.25) is 28.9 Å². The normalized spacial score (nSPS) is 20.9. The van der Waals surface area contributed by atoms with Crippen molar-refractivity contribution in [2.24, 2.45) is 11.8 Å². The molecule has 0 radical (unpaired) electrons. The van der Waals surface area contributed by atoms with Crippen LogP contribution in [-0.2, 0) is 42.9 Å². The minimum Gasteiger partial charge on any atom is -0.379 e. The van der Waals surface area contributed by atoms with Gasteiger partial charge in [0.1, 0.15) is 23.7 Å². The van der Waals surface area contributed by atoms with Crippen LogP contribution in [0.4, 0.5) is 17.6 Å². The number of carbonyl (C=O) groups is 5. The van der Waals surface area contributed by atoms with E-state index in [2.05, 4.69) is 30.7 Å². The van der Waals surface area contributed by atoms with Gasteiger partial charge in [0.25, 0.3) is 0 Å². The molecular formula is C29H47F4N5O9. The highest BCUT2D eigenvalue weighted by Crippen LogP contribution is 2.29. The summed E-state index contributed by atoms with van der Waals surface area (Å²) in [6.45, 7) is 1.81. The molecule has 0 aromatic heterocycles. The van der Waals surface area contributed by atoms with Crippen LogP contribution in [0.3, 0.4) is 0 Å². The maximum Gasteiger partial charge on any atom is 0.345 e. The average molecular weight is 686 g/mol. The van der Waals surface area contributed by atoms with Gasteiger partial charge in [0.05, 0.1) is 45.6 Å². The SMILES string of the molecule is CC(C)CC(NC(=O)[C@H](COC(F)F)NC(=O)CN1CCOCC1)C(=O)N[C@@H](COC(F)F)C(=O)N[C@@H](CC(C)C)C(=O)[C@@]1(C)CO1. The Balaban J connectivity index is 2.19. The molecule has 2 aliphatic heterocycles. The number of hydrogen-bond donors (Lipinski definition) is 4. The fourth-order valence-corrected chi connectivity index (χ4v) is 4.75. The van der Waals surface area contributed by atoms with E-state index in [1.54, 1.807) is 25.7 Å². The van der Waals surface area contributed by atoms with Gasteiger partial charge in [-0.2, -0.15) is 17.6 Å². The second-order valence-corrected chi connectivity index (χ2v) is 12.5. The molecule has 0 aromatic carbocycles. The van der Waals surface area contributed by atoms with E-state index in [-0.39, 0.29) is 37.8 Å². The van der Waals surface area contributed by atoms with E-state index < -0.39 is 85.6 Å². The molecule has 5 atom stereocenters. The number of nitrogens with zero attached hydrogens (tertiary/aromatic N) is 1. The molecule has 47 heavy (non-hydrogen) atoms. The molecule has 1 unspecified atom stereocenters. The predicted octanol–water partition coefficient (Wildman–Crippen LogP) is 0.186. The third-order valence-corrected chi connectivity index (χ3v) is 7.31. The summed E-state index contributed by atoms with van der Waals surface area (Å²) in [5, 5.41) is 9.53. The average Bonchev–Trinajstić information content (AvgIpc) is 3.74. The van der Waals surface area contributed by atoms with Crippen LogP contribution in [0.5, 0.6) is 0 Å². The fraction of sp³-hybridized carbons (Fsp3) is 0.828. The van der Waals surface area contributed by atoms with Crippen molar-refractivity contribution in [3.05, 3.63) is 0 Å². The number of ether oxygens (including phenoxy) is 4. The van der Waals surface area contributed by atoms with Gasteiger partial charge in [-0.15, -0.1) is 0 Å². The maximum absolute atomic E-state index is 13.4. The highest BCUT2D eigenvalue weighted by Gasteiger charge is 2.50. The van der Waals surface area contributed by atoms with E-state index in [0.29, 0.717) is 26.3 Å². The highest BCUT2D eigenvalue weighted by atomic mass is 19.3. The van der Waals surface area contributed by atoms with E-state index in [4.69, 9.17) is 9.47 Å². The predicted molar refractivity (Wildman–Crippen MR) is 157 cm³/mol. The molecule has 0 saturated carbocycles. The summed E-state index contributed by atoms with van der Waals surface area (Å²) in [5.74, 6) is -4.39. The first-order chi connectivity index (χ1) is 22.0. The van der Waals surface area contributed by atoms with Gasteiger partial charge in [-0.05, 0) is 31.6 Å². The summed E-state index contributed by atoms with van der Waals surface area (Å²) in [7, 11) is 0. The number of alkyl halides is 4. The van der Waals surface area contributed by atoms with Crippen molar-refractivity contribution in [3.63, 3.8) is 0 Å². The minimum atomic E-state index is -3.29. The maximum atomic E-state index is 13.4. The zero-order valence-corrected chi connectivity index (χ0v) is 27.3. The number of Topliss-reactive ketones (excluding diaryl/α,β-unsaturated/α-hetero) is 1. The summed E-state index contributed by atoms with van der Waals surface area (Å²) >= 11 is 0. The molecule has 18 heteroatoms. The van der Waals surface area contributed by atoms with Crippen LogP contribution >= 0.6 is 0 Å². The molecule has 2 fully saturated rings. The van der Waals surface area contributed by atoms with E-state index in [0.717, 1.165) is 0 Å². The highest BCUT2D eigenvalue weighted by molar-refractivity contribution is 5.98. The van der Waals surface area contributed by atoms with Gasteiger partial charge in [-0.25, -0.2) is 0 Å². The second-order valence-electron chi connectivity index (χ2n) is 12.5. The standard InChI is InChI=1S/C29H47F4N5O9/c1-16(2)10-18(23(40)29(5)15-47-29)35-26(43)21(14-46-28(32)33)37-24(41)19(11-17(3)4)36-25(42)20(13-45-27(30)31)34-22(39)12-38-6-8-44-9-7-38/h16-21,27-28H,6-15H2,1-5H3,(H,34,39)(H,35,43)(H,36,42)(H,37,41)/t18-,19?,20-,21-,29+/m0/s1. The number of epoxide rings is 1. The van der Waals surface area contributed by atoms with Crippen molar-refractivity contribution in [3.8, 4) is 0 Å². The third kappa shape index (κ3) is 14.8. The number of nitrogens with one attached hydrogen (secondary N) is 4. The largest absolute Gasteiger partial charge is 0.379 e. The molecule has 2 saturated heterocycles. The summed E-state index contributed by atoms with van der Waals surface area (Å²) in [5.41, 5.74) is -1.10. The molecule has 4 N–H and O–H groups in total. The lowest BCUT2D eigenvalue weighted by Crippen LogP contribution is -2.60. The molecule has 0 spiro atoms. The molecule has 14 nitrogen and oxygen atoms in total. The summed E-state index contributed by atoms with van der Waals surface area (Å²) < 4.78 is 70.8. The van der Waals surface area contributed by atoms with Crippen LogP contribution in [0.15, 0.2) is 0 Å². The van der Waals surface area contributed by atoms with Crippen LogP contribution in [0.25, 0.3) is 0 Å². The number of ketones is 1. The molecule has 0 bridgehead atoms. The summed E-state index contributed by atoms with van der Waals surface area (Å²) in [6, 6.07) is -5.80. The Labute approximate surface area is 271 Å². The van der Waals surface area contributed by atoms with Crippen LogP contribution in [0, 0.1) is 11.8 Å². The molecule has 270 valence electrons. The van der Waals surface area contributed by atoms with Crippen molar-refractivity contribution in [2.45, 2.75) is 90.5 Å². The van der Waals surface area contributed by atoms with Crippen LogP contribution in [0.2, 0.25) is 0 Å². The Bertz CT molecular complexity index is 1060. The van der Waals surface area contributed by atoms with Crippen LogP contribution < -0.4 is 21.3 Å². The Morgan fingerprint density at radius 1 is 0.723 bits per heavy atom. The van der Waals surface area contributed by atoms with E-state index in [1.165, 1.54) is 0 Å². The Kier molecular flexibility index (Phi) is 16.4. The molecule has 2 heterocycles. The third-order valence-electron chi connectivity index (χ3n) is 7.31. The van der Waals surface area contributed by atoms with Gasteiger partial charge in [-0.1, -0.05) is 27.7 Å². The molecule has 4 amide bonds. The lowest BCUT2D eigenvalue weighted by Gasteiger charge is -2.28. The quantitative estimate of drug-likeness (QED) is 0.0964. The van der Waals surface area contributed by atoms with Crippen LogP contribution in [0.1, 0.15) is 47.5 Å².